The summed E-state index contributed by atoms with van der Waals surface area (Å²) >= 11 is 0. The first-order valence-electron chi connectivity index (χ1n) is 7.03. The highest BCUT2D eigenvalue weighted by Gasteiger charge is 2.21. The van der Waals surface area contributed by atoms with Gasteiger partial charge in [-0.2, -0.15) is 0 Å². The third-order valence-corrected chi connectivity index (χ3v) is 3.93. The number of hydrogen-bond acceptors (Lipinski definition) is 4. The van der Waals surface area contributed by atoms with Crippen LogP contribution >= 0.6 is 24.8 Å². The number of amides is 1. The summed E-state index contributed by atoms with van der Waals surface area (Å²) in [5.74, 6) is 0.861. The second kappa shape index (κ2) is 10.6. The lowest BCUT2D eigenvalue weighted by Crippen LogP contribution is -2.51. The van der Waals surface area contributed by atoms with Crippen LogP contribution in [0, 0.1) is 5.92 Å². The lowest BCUT2D eigenvalue weighted by atomic mass is 9.94. The summed E-state index contributed by atoms with van der Waals surface area (Å²) in [6.45, 7) is 5.16. The maximum absolute atomic E-state index is 11.8. The smallest absolute Gasteiger partial charge is 0.239 e. The molecule has 2 heterocycles. The number of carbonyl (C=O) groups excluding carboxylic acids is 1. The van der Waals surface area contributed by atoms with Gasteiger partial charge < -0.3 is 20.3 Å². The van der Waals surface area contributed by atoms with E-state index >= 15 is 0 Å². The van der Waals surface area contributed by atoms with Crippen molar-refractivity contribution in [2.45, 2.75) is 25.3 Å². The van der Waals surface area contributed by atoms with Gasteiger partial charge in [0.25, 0.3) is 0 Å². The summed E-state index contributed by atoms with van der Waals surface area (Å²) in [6, 6.07) is -0.156. The fraction of sp³-hybridized carbons (Fsp3) is 0.923. The molecule has 2 N–H and O–H groups in total. The van der Waals surface area contributed by atoms with Crippen LogP contribution in [0.1, 0.15) is 19.3 Å². The molecule has 1 unspecified atom stereocenters. The van der Waals surface area contributed by atoms with Crippen molar-refractivity contribution in [2.24, 2.45) is 5.92 Å². The van der Waals surface area contributed by atoms with Crippen LogP contribution in [0.2, 0.25) is 0 Å². The maximum Gasteiger partial charge on any atom is 0.239 e. The topological polar surface area (TPSA) is 53.6 Å². The molecule has 0 aromatic carbocycles. The molecule has 0 spiro atoms. The van der Waals surface area contributed by atoms with Crippen molar-refractivity contribution in [1.29, 1.82) is 0 Å². The molecule has 0 saturated carbocycles. The zero-order valence-electron chi connectivity index (χ0n) is 12.1. The number of halogens is 2. The van der Waals surface area contributed by atoms with Crippen molar-refractivity contribution in [3.05, 3.63) is 0 Å². The Morgan fingerprint density at radius 1 is 1.35 bits per heavy atom. The molecule has 2 aliphatic rings. The molecule has 2 saturated heterocycles. The summed E-state index contributed by atoms with van der Waals surface area (Å²) in [6.07, 6.45) is 3.63. The van der Waals surface area contributed by atoms with Crippen LogP contribution in [0.5, 0.6) is 0 Å². The minimum absolute atomic E-state index is 0. The van der Waals surface area contributed by atoms with Gasteiger partial charge in [-0.3, -0.25) is 4.79 Å². The molecule has 0 aliphatic carbocycles. The number of piperidine rings is 1. The second-order valence-corrected chi connectivity index (χ2v) is 5.41. The molecule has 2 rings (SSSR count). The quantitative estimate of drug-likeness (QED) is 0.796. The first-order valence-corrected chi connectivity index (χ1v) is 7.03. The van der Waals surface area contributed by atoms with E-state index in [4.69, 9.17) is 4.74 Å². The molecule has 7 heteroatoms. The Bertz CT molecular complexity index is 268. The fourth-order valence-corrected chi connectivity index (χ4v) is 2.61. The van der Waals surface area contributed by atoms with Crippen LogP contribution in [0.15, 0.2) is 0 Å². The minimum atomic E-state index is -0.156. The largest absolute Gasteiger partial charge is 0.378 e. The summed E-state index contributed by atoms with van der Waals surface area (Å²) in [4.78, 5) is 14.2. The summed E-state index contributed by atoms with van der Waals surface area (Å²) in [7, 11) is 2.17. The van der Waals surface area contributed by atoms with Crippen molar-refractivity contribution < 1.29 is 9.53 Å². The maximum atomic E-state index is 11.8. The number of morpholine rings is 1. The number of rotatable bonds is 4. The van der Waals surface area contributed by atoms with Gasteiger partial charge in [-0.1, -0.05) is 0 Å². The molecule has 20 heavy (non-hydrogen) atoms. The lowest BCUT2D eigenvalue weighted by molar-refractivity contribution is -0.125. The van der Waals surface area contributed by atoms with Gasteiger partial charge in [0.1, 0.15) is 6.04 Å². The van der Waals surface area contributed by atoms with E-state index in [2.05, 4.69) is 22.6 Å². The molecule has 1 atom stereocenters. The third-order valence-electron chi connectivity index (χ3n) is 3.93. The molecule has 5 nitrogen and oxygen atoms in total. The molecule has 0 aromatic heterocycles. The number of carbonyl (C=O) groups is 1. The Balaban J connectivity index is 0.00000180. The predicted molar refractivity (Wildman–Crippen MR) is 85.0 cm³/mol. The van der Waals surface area contributed by atoms with Crippen molar-refractivity contribution in [2.75, 3.05) is 46.4 Å². The molecule has 120 valence electrons. The lowest BCUT2D eigenvalue weighted by Gasteiger charge is -2.29. The Hall–Kier alpha value is -0.0700. The Morgan fingerprint density at radius 2 is 2.05 bits per heavy atom. The van der Waals surface area contributed by atoms with Crippen LogP contribution in [-0.2, 0) is 9.53 Å². The molecule has 0 aromatic rings. The molecule has 0 bridgehead atoms. The van der Waals surface area contributed by atoms with Gasteiger partial charge in [0.2, 0.25) is 5.91 Å². The van der Waals surface area contributed by atoms with Gasteiger partial charge in [0, 0.05) is 13.1 Å². The van der Waals surface area contributed by atoms with Crippen LogP contribution in [0.4, 0.5) is 0 Å². The van der Waals surface area contributed by atoms with Gasteiger partial charge in [0.15, 0.2) is 0 Å². The van der Waals surface area contributed by atoms with E-state index in [-0.39, 0.29) is 36.8 Å². The predicted octanol–water partition coefficient (Wildman–Crippen LogP) is 0.666. The van der Waals surface area contributed by atoms with Gasteiger partial charge in [-0.15, -0.1) is 24.8 Å². The van der Waals surface area contributed by atoms with E-state index in [0.29, 0.717) is 13.2 Å². The van der Waals surface area contributed by atoms with E-state index in [9.17, 15) is 4.79 Å². The highest BCUT2D eigenvalue weighted by Crippen LogP contribution is 2.18. The Labute approximate surface area is 134 Å². The molecule has 2 aliphatic heterocycles. The number of hydrogen-bond donors (Lipinski definition) is 2. The second-order valence-electron chi connectivity index (χ2n) is 5.41. The highest BCUT2D eigenvalue weighted by atomic mass is 35.5. The first kappa shape index (κ1) is 19.9. The van der Waals surface area contributed by atoms with Gasteiger partial charge >= 0.3 is 0 Å². The standard InChI is InChI=1S/C13H25N3O2.2ClH/c1-16-7-3-11(4-8-16)2-5-15-13(17)12-10-18-9-6-14-12;;/h11-12,14H,2-10H2,1H3,(H,15,17);2*1H. The normalized spacial score (nSPS) is 24.4. The van der Waals surface area contributed by atoms with Gasteiger partial charge in [0.05, 0.1) is 13.2 Å². The summed E-state index contributed by atoms with van der Waals surface area (Å²) in [5, 5.41) is 6.19. The number of likely N-dealkylation sites (tertiary alicyclic amines) is 1. The van der Waals surface area contributed by atoms with E-state index < -0.39 is 0 Å². The van der Waals surface area contributed by atoms with Gasteiger partial charge in [-0.05, 0) is 45.3 Å². The molecule has 0 radical (unpaired) electrons. The average molecular weight is 328 g/mol. The molecule has 1 amide bonds. The summed E-state index contributed by atoms with van der Waals surface area (Å²) in [5.41, 5.74) is 0. The van der Waals surface area contributed by atoms with E-state index in [1.165, 1.54) is 25.9 Å². The number of nitrogens with zero attached hydrogens (tertiary/aromatic N) is 1. The van der Waals surface area contributed by atoms with Gasteiger partial charge in [-0.25, -0.2) is 0 Å². The van der Waals surface area contributed by atoms with Crippen LogP contribution in [0.25, 0.3) is 0 Å². The fourth-order valence-electron chi connectivity index (χ4n) is 2.61. The van der Waals surface area contributed by atoms with E-state index in [0.717, 1.165) is 25.4 Å². The van der Waals surface area contributed by atoms with Crippen LogP contribution in [0.3, 0.4) is 0 Å². The first-order chi connectivity index (χ1) is 8.75. The SMILES string of the molecule is CN1CCC(CCNC(=O)C2COCCN2)CC1.Cl.Cl. The Morgan fingerprint density at radius 3 is 2.65 bits per heavy atom. The van der Waals surface area contributed by atoms with Crippen molar-refractivity contribution in [3.63, 3.8) is 0 Å². The number of ether oxygens (including phenoxy) is 1. The minimum Gasteiger partial charge on any atom is -0.378 e. The average Bonchev–Trinajstić information content (AvgIpc) is 2.42. The van der Waals surface area contributed by atoms with Crippen molar-refractivity contribution in [1.82, 2.24) is 15.5 Å². The zero-order chi connectivity index (χ0) is 12.8. The van der Waals surface area contributed by atoms with Crippen molar-refractivity contribution in [3.8, 4) is 0 Å². The highest BCUT2D eigenvalue weighted by molar-refractivity contribution is 5.85. The third kappa shape index (κ3) is 6.59. The molecular formula is C13H27Cl2N3O2. The molecular weight excluding hydrogens is 301 g/mol. The zero-order valence-corrected chi connectivity index (χ0v) is 13.7. The Kier molecular flexibility index (Phi) is 10.6. The van der Waals surface area contributed by atoms with E-state index in [1.54, 1.807) is 0 Å². The van der Waals surface area contributed by atoms with E-state index in [1.807, 2.05) is 0 Å². The van der Waals surface area contributed by atoms with Crippen LogP contribution < -0.4 is 10.6 Å². The molecule has 2 fully saturated rings. The van der Waals surface area contributed by atoms with Crippen molar-refractivity contribution >= 4 is 30.7 Å². The number of nitrogens with one attached hydrogen (secondary N) is 2. The summed E-state index contributed by atoms with van der Waals surface area (Å²) < 4.78 is 5.28. The van der Waals surface area contributed by atoms with Crippen LogP contribution in [-0.4, -0.2) is 63.3 Å². The monoisotopic (exact) mass is 327 g/mol.